The molecule has 1 aliphatic heterocycles. The number of likely N-dealkylation sites (tertiary alicyclic amines) is 1. The Bertz CT molecular complexity index is 619. The topological polar surface area (TPSA) is 49.4 Å². The van der Waals surface area contributed by atoms with Crippen molar-refractivity contribution in [1.29, 1.82) is 0 Å². The van der Waals surface area contributed by atoms with E-state index in [1.807, 2.05) is 0 Å². The molecule has 23 heavy (non-hydrogen) atoms. The Morgan fingerprint density at radius 3 is 2.61 bits per heavy atom. The summed E-state index contributed by atoms with van der Waals surface area (Å²) in [5.41, 5.74) is -1.09. The van der Waals surface area contributed by atoms with Gasteiger partial charge in [-0.1, -0.05) is 11.6 Å². The first-order valence-electron chi connectivity index (χ1n) is 7.11. The van der Waals surface area contributed by atoms with Crippen LogP contribution in [0.2, 0.25) is 5.02 Å². The fourth-order valence-corrected chi connectivity index (χ4v) is 2.87. The predicted molar refractivity (Wildman–Crippen MR) is 79.1 cm³/mol. The van der Waals surface area contributed by atoms with E-state index in [9.17, 15) is 22.8 Å². The lowest BCUT2D eigenvalue weighted by Gasteiger charge is -2.32. The highest BCUT2D eigenvalue weighted by Crippen LogP contribution is 2.32. The van der Waals surface area contributed by atoms with Gasteiger partial charge >= 0.3 is 6.18 Å². The second-order valence-electron chi connectivity index (χ2n) is 5.43. The molecule has 0 aliphatic carbocycles. The number of hydrogen-bond acceptors (Lipinski definition) is 2. The van der Waals surface area contributed by atoms with E-state index in [2.05, 4.69) is 5.32 Å². The second kappa shape index (κ2) is 6.78. The molecule has 1 aromatic carbocycles. The third-order valence-corrected chi connectivity index (χ3v) is 4.02. The van der Waals surface area contributed by atoms with E-state index in [1.54, 1.807) is 0 Å². The number of halogens is 4. The Balaban J connectivity index is 2.23. The normalized spacial score (nSPS) is 18.7. The van der Waals surface area contributed by atoms with Crippen molar-refractivity contribution in [3.63, 3.8) is 0 Å². The maximum Gasteiger partial charge on any atom is 0.416 e. The van der Waals surface area contributed by atoms with Crippen LogP contribution < -0.4 is 5.32 Å². The lowest BCUT2D eigenvalue weighted by Crippen LogP contribution is -2.44. The Labute approximate surface area is 136 Å². The zero-order chi connectivity index (χ0) is 17.2. The highest BCUT2D eigenvalue weighted by molar-refractivity contribution is 6.31. The summed E-state index contributed by atoms with van der Waals surface area (Å²) in [6.45, 7) is 0.590. The summed E-state index contributed by atoms with van der Waals surface area (Å²) in [5, 5.41) is 2.38. The molecule has 0 saturated carbocycles. The third kappa shape index (κ3) is 4.16. The number of benzene rings is 1. The van der Waals surface area contributed by atoms with Crippen LogP contribution in [-0.4, -0.2) is 36.9 Å². The van der Waals surface area contributed by atoms with Crippen LogP contribution in [-0.2, 0) is 11.0 Å². The van der Waals surface area contributed by atoms with Crippen LogP contribution in [0, 0.1) is 5.92 Å². The molecule has 126 valence electrons. The number of carbonyl (C=O) groups excluding carboxylic acids is 2. The zero-order valence-electron chi connectivity index (χ0n) is 12.4. The molecule has 1 fully saturated rings. The van der Waals surface area contributed by atoms with Gasteiger partial charge in [-0.25, -0.2) is 0 Å². The lowest BCUT2D eigenvalue weighted by atomic mass is 9.96. The van der Waals surface area contributed by atoms with Gasteiger partial charge in [-0.2, -0.15) is 13.2 Å². The molecule has 1 aliphatic rings. The van der Waals surface area contributed by atoms with Crippen LogP contribution in [0.25, 0.3) is 0 Å². The molecule has 0 spiro atoms. The van der Waals surface area contributed by atoms with Crippen LogP contribution >= 0.6 is 11.6 Å². The van der Waals surface area contributed by atoms with E-state index in [0.717, 1.165) is 12.1 Å². The van der Waals surface area contributed by atoms with Crippen LogP contribution in [0.15, 0.2) is 18.2 Å². The molecule has 2 rings (SSSR count). The van der Waals surface area contributed by atoms with Crippen molar-refractivity contribution in [1.82, 2.24) is 10.2 Å². The Morgan fingerprint density at radius 1 is 1.30 bits per heavy atom. The van der Waals surface area contributed by atoms with Gasteiger partial charge in [0.1, 0.15) is 0 Å². The van der Waals surface area contributed by atoms with Gasteiger partial charge < -0.3 is 10.2 Å². The maximum atomic E-state index is 12.8. The van der Waals surface area contributed by atoms with Crippen molar-refractivity contribution in [2.75, 3.05) is 20.1 Å². The van der Waals surface area contributed by atoms with Crippen LogP contribution in [0.5, 0.6) is 0 Å². The Kier molecular flexibility index (Phi) is 5.19. The van der Waals surface area contributed by atoms with Gasteiger partial charge in [-0.3, -0.25) is 9.59 Å². The number of rotatable bonds is 2. The molecule has 0 bridgehead atoms. The highest BCUT2D eigenvalue weighted by Gasteiger charge is 2.33. The molecular weight excluding hydrogens is 333 g/mol. The monoisotopic (exact) mass is 348 g/mol. The summed E-state index contributed by atoms with van der Waals surface area (Å²) < 4.78 is 38.5. The molecule has 0 aromatic heterocycles. The average molecular weight is 349 g/mol. The van der Waals surface area contributed by atoms with Gasteiger partial charge in [-0.15, -0.1) is 0 Å². The van der Waals surface area contributed by atoms with E-state index >= 15 is 0 Å². The first kappa shape index (κ1) is 17.6. The van der Waals surface area contributed by atoms with Crippen LogP contribution in [0.1, 0.15) is 28.8 Å². The highest BCUT2D eigenvalue weighted by atomic mass is 35.5. The molecule has 0 unspecified atom stereocenters. The van der Waals surface area contributed by atoms with Gasteiger partial charge in [-0.05, 0) is 31.0 Å². The zero-order valence-corrected chi connectivity index (χ0v) is 13.2. The lowest BCUT2D eigenvalue weighted by molar-refractivity contribution is -0.137. The smallest absolute Gasteiger partial charge is 0.359 e. The van der Waals surface area contributed by atoms with Crippen molar-refractivity contribution in [3.8, 4) is 0 Å². The van der Waals surface area contributed by atoms with Crippen LogP contribution in [0.3, 0.4) is 0 Å². The average Bonchev–Trinajstić information content (AvgIpc) is 2.52. The van der Waals surface area contributed by atoms with Gasteiger partial charge in [0.25, 0.3) is 5.91 Å². The Morgan fingerprint density at radius 2 is 2.00 bits per heavy atom. The minimum Gasteiger partial charge on any atom is -0.359 e. The summed E-state index contributed by atoms with van der Waals surface area (Å²) in [6.07, 6.45) is -3.31. The summed E-state index contributed by atoms with van der Waals surface area (Å²) >= 11 is 5.71. The fourth-order valence-electron chi connectivity index (χ4n) is 2.64. The van der Waals surface area contributed by atoms with E-state index < -0.39 is 17.6 Å². The first-order valence-corrected chi connectivity index (χ1v) is 7.49. The molecule has 8 heteroatoms. The molecule has 4 nitrogen and oxygen atoms in total. The minimum atomic E-state index is -4.58. The molecule has 1 N–H and O–H groups in total. The molecule has 0 radical (unpaired) electrons. The van der Waals surface area contributed by atoms with Crippen molar-refractivity contribution >= 4 is 23.4 Å². The van der Waals surface area contributed by atoms with Gasteiger partial charge in [0.05, 0.1) is 11.5 Å². The van der Waals surface area contributed by atoms with Crippen molar-refractivity contribution in [2.45, 2.75) is 19.0 Å². The molecule has 2 amide bonds. The van der Waals surface area contributed by atoms with Crippen molar-refractivity contribution < 1.29 is 22.8 Å². The summed E-state index contributed by atoms with van der Waals surface area (Å²) in [6, 6.07) is 2.78. The standard InChI is InChI=1S/C15H16ClF3N2O2/c1-20-13(22)9-3-2-4-21(8-9)14(23)10-5-11(15(17,18)19)7-12(16)6-10/h5-7,9H,2-4,8H2,1H3,(H,20,22)/t9-/m1/s1. The fraction of sp³-hybridized carbons (Fsp3) is 0.467. The maximum absolute atomic E-state index is 12.8. The SMILES string of the molecule is CNC(=O)[C@@H]1CCCN(C(=O)c2cc(Cl)cc(C(F)(F)F)c2)C1. The molecular formula is C15H16ClF3N2O2. The number of hydrogen-bond donors (Lipinski definition) is 1. The number of nitrogens with zero attached hydrogens (tertiary/aromatic N) is 1. The number of piperidine rings is 1. The first-order chi connectivity index (χ1) is 10.7. The van der Waals surface area contributed by atoms with Gasteiger partial charge in [0.2, 0.25) is 5.91 Å². The van der Waals surface area contributed by atoms with E-state index in [-0.39, 0.29) is 29.0 Å². The summed E-state index contributed by atoms with van der Waals surface area (Å²) in [4.78, 5) is 25.5. The summed E-state index contributed by atoms with van der Waals surface area (Å²) in [7, 11) is 1.51. The predicted octanol–water partition coefficient (Wildman–Crippen LogP) is 2.96. The molecule has 1 saturated heterocycles. The minimum absolute atomic E-state index is 0.123. The Hall–Kier alpha value is -1.76. The third-order valence-electron chi connectivity index (χ3n) is 3.80. The van der Waals surface area contributed by atoms with Crippen LogP contribution in [0.4, 0.5) is 13.2 Å². The van der Waals surface area contributed by atoms with E-state index in [0.29, 0.717) is 19.4 Å². The number of alkyl halides is 3. The van der Waals surface area contributed by atoms with Gasteiger partial charge in [0.15, 0.2) is 0 Å². The quantitative estimate of drug-likeness (QED) is 0.893. The van der Waals surface area contributed by atoms with Crippen molar-refractivity contribution in [3.05, 3.63) is 34.3 Å². The number of carbonyl (C=O) groups is 2. The largest absolute Gasteiger partial charge is 0.416 e. The summed E-state index contributed by atoms with van der Waals surface area (Å²) in [5.74, 6) is -1.07. The van der Waals surface area contributed by atoms with E-state index in [1.165, 1.54) is 18.0 Å². The number of amides is 2. The molecule has 1 heterocycles. The van der Waals surface area contributed by atoms with Crippen molar-refractivity contribution in [2.24, 2.45) is 5.92 Å². The molecule has 1 aromatic rings. The van der Waals surface area contributed by atoms with Gasteiger partial charge in [0, 0.05) is 30.7 Å². The molecule has 1 atom stereocenters. The second-order valence-corrected chi connectivity index (χ2v) is 5.87. The van der Waals surface area contributed by atoms with E-state index in [4.69, 9.17) is 11.6 Å². The number of nitrogens with one attached hydrogen (secondary N) is 1.